The van der Waals surface area contributed by atoms with Crippen molar-refractivity contribution in [2.24, 2.45) is 5.92 Å². The molecule has 2 amide bonds. The molecular formula is C22H28N2O9. The monoisotopic (exact) mass is 464 g/mol. The van der Waals surface area contributed by atoms with Gasteiger partial charge in [0.1, 0.15) is 11.5 Å². The summed E-state index contributed by atoms with van der Waals surface area (Å²) in [6.45, 7) is 6.35. The Morgan fingerprint density at radius 1 is 1.21 bits per heavy atom. The van der Waals surface area contributed by atoms with Crippen LogP contribution in [0.3, 0.4) is 0 Å². The van der Waals surface area contributed by atoms with Crippen LogP contribution in [0.4, 0.5) is 10.5 Å². The molecule has 3 atom stereocenters. The van der Waals surface area contributed by atoms with E-state index in [-0.39, 0.29) is 30.7 Å². The van der Waals surface area contributed by atoms with Gasteiger partial charge >= 0.3 is 18.0 Å². The fraction of sp³-hybridized carbons (Fsp3) is 0.545. The third-order valence-electron chi connectivity index (χ3n) is 5.05. The Balaban J connectivity index is 2.57. The lowest BCUT2D eigenvalue weighted by atomic mass is 9.80. The highest BCUT2D eigenvalue weighted by atomic mass is 16.6. The highest BCUT2D eigenvalue weighted by Gasteiger charge is 2.54. The van der Waals surface area contributed by atoms with Crippen LogP contribution >= 0.6 is 0 Å². The number of rotatable bonds is 8. The SMILES string of the molecule is CCOC(=O)[C@H]([C@@H]1C(=O)N(C(=O)OC(C)(C)C)c2ccccc21)[C@H](CCC(=O)OC)[N+](=O)[O-]. The first-order chi connectivity index (χ1) is 15.4. The first-order valence-corrected chi connectivity index (χ1v) is 10.5. The molecule has 0 bridgehead atoms. The van der Waals surface area contributed by atoms with Crippen LogP contribution in [0.5, 0.6) is 0 Å². The van der Waals surface area contributed by atoms with E-state index in [0.717, 1.165) is 12.0 Å². The molecule has 0 radical (unpaired) electrons. The Hall–Kier alpha value is -3.50. The number of benzene rings is 1. The molecule has 1 aromatic rings. The molecule has 0 N–H and O–H groups in total. The van der Waals surface area contributed by atoms with Gasteiger partial charge in [0.15, 0.2) is 0 Å². The maximum absolute atomic E-state index is 13.5. The Bertz CT molecular complexity index is 938. The summed E-state index contributed by atoms with van der Waals surface area (Å²) in [6.07, 6.45) is -1.66. The molecule has 1 aromatic carbocycles. The predicted molar refractivity (Wildman–Crippen MR) is 115 cm³/mol. The van der Waals surface area contributed by atoms with E-state index in [1.165, 1.54) is 19.1 Å². The molecule has 11 nitrogen and oxygen atoms in total. The normalized spacial score (nSPS) is 17.1. The largest absolute Gasteiger partial charge is 0.469 e. The van der Waals surface area contributed by atoms with E-state index in [4.69, 9.17) is 9.47 Å². The second-order valence-electron chi connectivity index (χ2n) is 8.44. The van der Waals surface area contributed by atoms with Gasteiger partial charge in [0.2, 0.25) is 11.9 Å². The molecule has 0 fully saturated rings. The van der Waals surface area contributed by atoms with Crippen molar-refractivity contribution in [2.45, 2.75) is 58.1 Å². The number of para-hydroxylation sites is 1. The number of imide groups is 1. The van der Waals surface area contributed by atoms with E-state index >= 15 is 0 Å². The summed E-state index contributed by atoms with van der Waals surface area (Å²) in [5.41, 5.74) is -0.475. The summed E-state index contributed by atoms with van der Waals surface area (Å²) in [5, 5.41) is 12.0. The average molecular weight is 464 g/mol. The van der Waals surface area contributed by atoms with Gasteiger partial charge in [-0.2, -0.15) is 0 Å². The summed E-state index contributed by atoms with van der Waals surface area (Å²) < 4.78 is 15.0. The fourth-order valence-corrected chi connectivity index (χ4v) is 3.73. The van der Waals surface area contributed by atoms with E-state index in [1.807, 2.05) is 0 Å². The standard InChI is InChI=1S/C22H28N2O9/c1-6-32-20(27)18(15(24(29)30)11-12-16(25)31-5)17-13-9-7-8-10-14(13)23(19(17)26)21(28)33-22(2,3)4/h7-10,15,17-18H,6,11-12H2,1-5H3/t15-,17+,18-/m0/s1. The molecule has 0 saturated heterocycles. The van der Waals surface area contributed by atoms with Crippen molar-refractivity contribution in [3.05, 3.63) is 39.9 Å². The third kappa shape index (κ3) is 5.85. The lowest BCUT2D eigenvalue weighted by molar-refractivity contribution is -0.531. The molecule has 180 valence electrons. The topological polar surface area (TPSA) is 142 Å². The van der Waals surface area contributed by atoms with Crippen LogP contribution in [0.15, 0.2) is 24.3 Å². The first kappa shape index (κ1) is 25.8. The van der Waals surface area contributed by atoms with Crippen LogP contribution in [0, 0.1) is 16.0 Å². The highest BCUT2D eigenvalue weighted by molar-refractivity contribution is 6.20. The number of nitrogens with zero attached hydrogens (tertiary/aromatic N) is 2. The van der Waals surface area contributed by atoms with Gasteiger partial charge in [0, 0.05) is 11.3 Å². The molecule has 0 spiro atoms. The zero-order chi connectivity index (χ0) is 24.9. The molecule has 11 heteroatoms. The molecule has 1 heterocycles. The minimum absolute atomic E-state index is 0.0743. The quantitative estimate of drug-likeness (QED) is 0.245. The second-order valence-corrected chi connectivity index (χ2v) is 8.44. The van der Waals surface area contributed by atoms with Gasteiger partial charge in [0.05, 0.1) is 31.7 Å². The van der Waals surface area contributed by atoms with Gasteiger partial charge in [-0.15, -0.1) is 0 Å². The van der Waals surface area contributed by atoms with Gasteiger partial charge < -0.3 is 14.2 Å². The molecule has 33 heavy (non-hydrogen) atoms. The number of anilines is 1. The van der Waals surface area contributed by atoms with Gasteiger partial charge in [-0.05, 0) is 39.3 Å². The van der Waals surface area contributed by atoms with Crippen LogP contribution < -0.4 is 4.90 Å². The number of nitro groups is 1. The summed E-state index contributed by atoms with van der Waals surface area (Å²) in [5.74, 6) is -5.46. The van der Waals surface area contributed by atoms with E-state index in [0.29, 0.717) is 0 Å². The summed E-state index contributed by atoms with van der Waals surface area (Å²) in [7, 11) is 1.14. The van der Waals surface area contributed by atoms with Crippen molar-refractivity contribution in [1.29, 1.82) is 0 Å². The highest BCUT2D eigenvalue weighted by Crippen LogP contribution is 2.44. The van der Waals surface area contributed by atoms with Crippen molar-refractivity contribution in [3.8, 4) is 0 Å². The van der Waals surface area contributed by atoms with E-state index < -0.39 is 52.3 Å². The predicted octanol–water partition coefficient (Wildman–Crippen LogP) is 2.83. The van der Waals surface area contributed by atoms with Crippen LogP contribution in [0.1, 0.15) is 52.0 Å². The summed E-state index contributed by atoms with van der Waals surface area (Å²) in [6, 6.07) is 4.56. The molecule has 0 aromatic heterocycles. The number of carbonyl (C=O) groups is 4. The molecule has 0 aliphatic carbocycles. The molecule has 2 rings (SSSR count). The Kier molecular flexibility index (Phi) is 8.13. The van der Waals surface area contributed by atoms with Gasteiger partial charge in [-0.25, -0.2) is 9.69 Å². The Labute approximate surface area is 191 Å². The molecular weight excluding hydrogens is 436 g/mol. The lowest BCUT2D eigenvalue weighted by Gasteiger charge is -2.26. The zero-order valence-electron chi connectivity index (χ0n) is 19.2. The van der Waals surface area contributed by atoms with E-state index in [2.05, 4.69) is 4.74 Å². The molecule has 0 unspecified atom stereocenters. The lowest BCUT2D eigenvalue weighted by Crippen LogP contribution is -2.45. The maximum Gasteiger partial charge on any atom is 0.421 e. The number of ether oxygens (including phenoxy) is 3. The average Bonchev–Trinajstić information content (AvgIpc) is 3.01. The smallest absolute Gasteiger partial charge is 0.421 e. The molecule has 1 aliphatic rings. The van der Waals surface area contributed by atoms with Crippen LogP contribution in [0.25, 0.3) is 0 Å². The van der Waals surface area contributed by atoms with Crippen molar-refractivity contribution >= 4 is 29.6 Å². The van der Waals surface area contributed by atoms with Crippen LogP contribution in [-0.4, -0.2) is 54.2 Å². The summed E-state index contributed by atoms with van der Waals surface area (Å²) in [4.78, 5) is 62.9. The number of esters is 2. The Morgan fingerprint density at radius 3 is 2.39 bits per heavy atom. The van der Waals surface area contributed by atoms with Crippen molar-refractivity contribution in [2.75, 3.05) is 18.6 Å². The number of hydrogen-bond donors (Lipinski definition) is 0. The van der Waals surface area contributed by atoms with Crippen molar-refractivity contribution in [3.63, 3.8) is 0 Å². The number of amides is 2. The molecule has 1 aliphatic heterocycles. The van der Waals surface area contributed by atoms with Crippen molar-refractivity contribution < 1.29 is 38.3 Å². The third-order valence-corrected chi connectivity index (χ3v) is 5.05. The first-order valence-electron chi connectivity index (χ1n) is 10.5. The summed E-state index contributed by atoms with van der Waals surface area (Å²) >= 11 is 0. The van der Waals surface area contributed by atoms with E-state index in [9.17, 15) is 29.3 Å². The van der Waals surface area contributed by atoms with Crippen molar-refractivity contribution in [1.82, 2.24) is 0 Å². The number of methoxy groups -OCH3 is 1. The minimum atomic E-state index is -1.64. The van der Waals surface area contributed by atoms with Gasteiger partial charge in [0.25, 0.3) is 0 Å². The minimum Gasteiger partial charge on any atom is -0.469 e. The van der Waals surface area contributed by atoms with Crippen LogP contribution in [-0.2, 0) is 28.6 Å². The maximum atomic E-state index is 13.5. The van der Waals surface area contributed by atoms with Gasteiger partial charge in [-0.1, -0.05) is 18.2 Å². The number of carbonyl (C=O) groups excluding carboxylic acids is 4. The second kappa shape index (κ2) is 10.4. The molecule has 0 saturated carbocycles. The van der Waals surface area contributed by atoms with Crippen LogP contribution in [0.2, 0.25) is 0 Å². The zero-order valence-corrected chi connectivity index (χ0v) is 19.2. The van der Waals surface area contributed by atoms with Gasteiger partial charge in [-0.3, -0.25) is 24.5 Å². The van der Waals surface area contributed by atoms with E-state index in [1.54, 1.807) is 32.9 Å². The fourth-order valence-electron chi connectivity index (χ4n) is 3.73. The number of fused-ring (bicyclic) bond motifs is 1. The Morgan fingerprint density at radius 2 is 1.85 bits per heavy atom. The number of hydrogen-bond acceptors (Lipinski definition) is 9.